The Kier molecular flexibility index (Phi) is 4.46. The van der Waals surface area contributed by atoms with Gasteiger partial charge in [0.1, 0.15) is 0 Å². The zero-order valence-electron chi connectivity index (χ0n) is 12.5. The molecule has 2 N–H and O–H groups in total. The molecule has 0 fully saturated rings. The summed E-state index contributed by atoms with van der Waals surface area (Å²) >= 11 is 0. The number of aromatic nitrogens is 1. The SMILES string of the molecule is CCC(C#N)CNCC(C)(C)c1c[nH]c2ccccc12. The second-order valence-electron chi connectivity index (χ2n) is 6.00. The maximum absolute atomic E-state index is 8.99. The Morgan fingerprint density at radius 1 is 1.35 bits per heavy atom. The lowest BCUT2D eigenvalue weighted by atomic mass is 9.84. The summed E-state index contributed by atoms with van der Waals surface area (Å²) in [6.45, 7) is 8.16. The molecule has 0 saturated carbocycles. The third-order valence-corrected chi connectivity index (χ3v) is 3.95. The van der Waals surface area contributed by atoms with Crippen LogP contribution >= 0.6 is 0 Å². The molecule has 20 heavy (non-hydrogen) atoms. The van der Waals surface area contributed by atoms with Gasteiger partial charge in [0.25, 0.3) is 0 Å². The van der Waals surface area contributed by atoms with Gasteiger partial charge in [0.2, 0.25) is 0 Å². The van der Waals surface area contributed by atoms with Gasteiger partial charge in [-0.25, -0.2) is 0 Å². The quantitative estimate of drug-likeness (QED) is 0.842. The molecule has 2 rings (SSSR count). The first-order valence-corrected chi connectivity index (χ1v) is 7.25. The number of hydrogen-bond donors (Lipinski definition) is 2. The molecule has 0 aliphatic rings. The molecule has 0 spiro atoms. The molecule has 3 nitrogen and oxygen atoms in total. The van der Waals surface area contributed by atoms with Gasteiger partial charge < -0.3 is 10.3 Å². The van der Waals surface area contributed by atoms with E-state index in [0.717, 1.165) is 19.5 Å². The molecule has 0 aliphatic carbocycles. The largest absolute Gasteiger partial charge is 0.361 e. The number of H-pyrrole nitrogens is 1. The second kappa shape index (κ2) is 6.11. The average Bonchev–Trinajstić information content (AvgIpc) is 2.88. The molecule has 1 unspecified atom stereocenters. The fraction of sp³-hybridized carbons (Fsp3) is 0.471. The number of nitriles is 1. The molecule has 1 aromatic heterocycles. The van der Waals surface area contributed by atoms with Gasteiger partial charge in [-0.05, 0) is 18.1 Å². The minimum absolute atomic E-state index is 0.0351. The van der Waals surface area contributed by atoms with Crippen molar-refractivity contribution >= 4 is 10.9 Å². The van der Waals surface area contributed by atoms with Crippen molar-refractivity contribution in [2.45, 2.75) is 32.6 Å². The molecule has 0 radical (unpaired) electrons. The number of aromatic amines is 1. The first-order chi connectivity index (χ1) is 9.58. The summed E-state index contributed by atoms with van der Waals surface area (Å²) in [4.78, 5) is 3.34. The molecule has 1 atom stereocenters. The van der Waals surface area contributed by atoms with Gasteiger partial charge in [-0.2, -0.15) is 5.26 Å². The second-order valence-corrected chi connectivity index (χ2v) is 6.00. The van der Waals surface area contributed by atoms with Crippen LogP contribution in [-0.4, -0.2) is 18.1 Å². The number of benzene rings is 1. The summed E-state index contributed by atoms with van der Waals surface area (Å²) in [5.74, 6) is 0.105. The van der Waals surface area contributed by atoms with E-state index < -0.39 is 0 Å². The Bertz CT molecular complexity index is 604. The highest BCUT2D eigenvalue weighted by Crippen LogP contribution is 2.29. The summed E-state index contributed by atoms with van der Waals surface area (Å²) in [5.41, 5.74) is 2.54. The highest BCUT2D eigenvalue weighted by Gasteiger charge is 2.23. The van der Waals surface area contributed by atoms with Crippen molar-refractivity contribution in [2.24, 2.45) is 5.92 Å². The van der Waals surface area contributed by atoms with E-state index >= 15 is 0 Å². The minimum atomic E-state index is 0.0351. The Balaban J connectivity index is 2.08. The highest BCUT2D eigenvalue weighted by molar-refractivity contribution is 5.84. The molecule has 0 aliphatic heterocycles. The number of fused-ring (bicyclic) bond motifs is 1. The molecule has 0 bridgehead atoms. The van der Waals surface area contributed by atoms with E-state index in [-0.39, 0.29) is 11.3 Å². The fourth-order valence-corrected chi connectivity index (χ4v) is 2.57. The van der Waals surface area contributed by atoms with E-state index in [1.54, 1.807) is 0 Å². The van der Waals surface area contributed by atoms with Crippen molar-refractivity contribution in [3.8, 4) is 6.07 Å². The van der Waals surface area contributed by atoms with Crippen LogP contribution in [0.25, 0.3) is 10.9 Å². The first-order valence-electron chi connectivity index (χ1n) is 7.25. The van der Waals surface area contributed by atoms with Crippen molar-refractivity contribution in [2.75, 3.05) is 13.1 Å². The van der Waals surface area contributed by atoms with Gasteiger partial charge in [0, 0.05) is 35.6 Å². The maximum atomic E-state index is 8.99. The van der Waals surface area contributed by atoms with Gasteiger partial charge >= 0.3 is 0 Å². The van der Waals surface area contributed by atoms with Crippen LogP contribution in [0.15, 0.2) is 30.5 Å². The highest BCUT2D eigenvalue weighted by atomic mass is 14.9. The lowest BCUT2D eigenvalue weighted by Crippen LogP contribution is -2.35. The molecule has 0 saturated heterocycles. The van der Waals surface area contributed by atoms with Gasteiger partial charge in [-0.3, -0.25) is 0 Å². The molecular formula is C17H23N3. The number of rotatable bonds is 6. The molecule has 1 heterocycles. The third kappa shape index (κ3) is 3.02. The first kappa shape index (κ1) is 14.6. The van der Waals surface area contributed by atoms with Crippen molar-refractivity contribution in [3.63, 3.8) is 0 Å². The normalized spacial score (nSPS) is 13.3. The molecule has 2 aromatic rings. The van der Waals surface area contributed by atoms with E-state index in [9.17, 15) is 0 Å². The summed E-state index contributed by atoms with van der Waals surface area (Å²) in [7, 11) is 0. The molecule has 0 amide bonds. The number of hydrogen-bond acceptors (Lipinski definition) is 2. The Morgan fingerprint density at radius 2 is 2.10 bits per heavy atom. The standard InChI is InChI=1S/C17H23N3/c1-4-13(9-18)10-19-12-17(2,3)15-11-20-16-8-6-5-7-14(15)16/h5-8,11,13,19-20H,4,10,12H2,1-3H3. The van der Waals surface area contributed by atoms with Crippen molar-refractivity contribution < 1.29 is 0 Å². The number of para-hydroxylation sites is 1. The van der Waals surface area contributed by atoms with E-state index in [2.05, 4.69) is 61.5 Å². The van der Waals surface area contributed by atoms with Gasteiger partial charge in [-0.15, -0.1) is 0 Å². The predicted molar refractivity (Wildman–Crippen MR) is 83.6 cm³/mol. The predicted octanol–water partition coefficient (Wildman–Crippen LogP) is 3.58. The molecule has 1 aromatic carbocycles. The van der Waals surface area contributed by atoms with E-state index in [0.29, 0.717) is 0 Å². The minimum Gasteiger partial charge on any atom is -0.361 e. The van der Waals surface area contributed by atoms with E-state index in [4.69, 9.17) is 5.26 Å². The van der Waals surface area contributed by atoms with Crippen LogP contribution in [0.1, 0.15) is 32.8 Å². The zero-order valence-corrected chi connectivity index (χ0v) is 12.5. The smallest absolute Gasteiger partial charge is 0.0669 e. The molecule has 106 valence electrons. The molecule has 3 heteroatoms. The van der Waals surface area contributed by atoms with Crippen LogP contribution in [0, 0.1) is 17.2 Å². The number of nitrogens with zero attached hydrogens (tertiary/aromatic N) is 1. The van der Waals surface area contributed by atoms with Gasteiger partial charge in [0.15, 0.2) is 0 Å². The van der Waals surface area contributed by atoms with Gasteiger partial charge in [-0.1, -0.05) is 39.0 Å². The van der Waals surface area contributed by atoms with Crippen molar-refractivity contribution in [3.05, 3.63) is 36.0 Å². The lowest BCUT2D eigenvalue weighted by molar-refractivity contribution is 0.447. The van der Waals surface area contributed by atoms with E-state index in [1.807, 2.05) is 6.07 Å². The Hall–Kier alpha value is -1.79. The zero-order chi connectivity index (χ0) is 14.6. The monoisotopic (exact) mass is 269 g/mol. The summed E-state index contributed by atoms with van der Waals surface area (Å²) < 4.78 is 0. The third-order valence-electron chi connectivity index (χ3n) is 3.95. The van der Waals surface area contributed by atoms with Crippen LogP contribution in [0.2, 0.25) is 0 Å². The lowest BCUT2D eigenvalue weighted by Gasteiger charge is -2.25. The Labute approximate surface area is 121 Å². The summed E-state index contributed by atoms with van der Waals surface area (Å²) in [6, 6.07) is 10.7. The average molecular weight is 269 g/mol. The van der Waals surface area contributed by atoms with Gasteiger partial charge in [0.05, 0.1) is 12.0 Å². The van der Waals surface area contributed by atoms with Crippen LogP contribution in [0.5, 0.6) is 0 Å². The van der Waals surface area contributed by atoms with Crippen LogP contribution in [0.4, 0.5) is 0 Å². The fourth-order valence-electron chi connectivity index (χ4n) is 2.57. The van der Waals surface area contributed by atoms with Crippen molar-refractivity contribution in [1.82, 2.24) is 10.3 Å². The summed E-state index contributed by atoms with van der Waals surface area (Å²) in [5, 5.41) is 13.7. The Morgan fingerprint density at radius 3 is 2.80 bits per heavy atom. The van der Waals surface area contributed by atoms with Crippen molar-refractivity contribution in [1.29, 1.82) is 5.26 Å². The molecular weight excluding hydrogens is 246 g/mol. The van der Waals surface area contributed by atoms with E-state index in [1.165, 1.54) is 16.5 Å². The topological polar surface area (TPSA) is 51.6 Å². The van der Waals surface area contributed by atoms with Crippen LogP contribution in [-0.2, 0) is 5.41 Å². The summed E-state index contributed by atoms with van der Waals surface area (Å²) in [6.07, 6.45) is 3.00. The van der Waals surface area contributed by atoms with Crippen LogP contribution in [0.3, 0.4) is 0 Å². The number of nitrogens with one attached hydrogen (secondary N) is 2. The maximum Gasteiger partial charge on any atom is 0.0669 e. The van der Waals surface area contributed by atoms with Crippen LogP contribution < -0.4 is 5.32 Å².